The minimum Gasteiger partial charge on any atom is -0.497 e. The van der Waals surface area contributed by atoms with Gasteiger partial charge < -0.3 is 9.47 Å². The SMILES string of the molecule is CCOC(=O)c1c(SCc2cccc(OC)c2)nnc(-c2ccccc2)c1-c1ccccc1. The summed E-state index contributed by atoms with van der Waals surface area (Å²) in [6, 6.07) is 27.4. The molecule has 6 heteroatoms. The van der Waals surface area contributed by atoms with Gasteiger partial charge in [0.2, 0.25) is 0 Å². The van der Waals surface area contributed by atoms with E-state index in [2.05, 4.69) is 10.2 Å². The first-order valence-corrected chi connectivity index (χ1v) is 11.6. The zero-order chi connectivity index (χ0) is 23.0. The van der Waals surface area contributed by atoms with Gasteiger partial charge in [-0.3, -0.25) is 0 Å². The van der Waals surface area contributed by atoms with Gasteiger partial charge in [0.05, 0.1) is 13.7 Å². The highest BCUT2D eigenvalue weighted by Gasteiger charge is 2.25. The molecule has 0 N–H and O–H groups in total. The second kappa shape index (κ2) is 10.8. The highest BCUT2D eigenvalue weighted by molar-refractivity contribution is 7.98. The standard InChI is InChI=1S/C27H24N2O3S/c1-3-32-27(30)24-23(20-12-6-4-7-13-20)25(21-14-8-5-9-15-21)28-29-26(24)33-18-19-11-10-16-22(17-19)31-2/h4-17H,3,18H2,1-2H3. The van der Waals surface area contributed by atoms with Gasteiger partial charge >= 0.3 is 5.97 Å². The molecule has 0 radical (unpaired) electrons. The van der Waals surface area contributed by atoms with Crippen LogP contribution in [0.25, 0.3) is 22.4 Å². The van der Waals surface area contributed by atoms with E-state index < -0.39 is 5.97 Å². The number of nitrogens with zero attached hydrogens (tertiary/aromatic N) is 2. The largest absolute Gasteiger partial charge is 0.497 e. The van der Waals surface area contributed by atoms with Crippen LogP contribution in [0.4, 0.5) is 0 Å². The third kappa shape index (κ3) is 5.23. The molecule has 0 saturated heterocycles. The number of carbonyl (C=O) groups is 1. The van der Waals surface area contributed by atoms with Crippen molar-refractivity contribution in [1.82, 2.24) is 10.2 Å². The fraction of sp³-hybridized carbons (Fsp3) is 0.148. The molecule has 0 aliphatic rings. The number of hydrogen-bond donors (Lipinski definition) is 0. The average Bonchev–Trinajstić information content (AvgIpc) is 2.88. The van der Waals surface area contributed by atoms with Gasteiger partial charge in [-0.25, -0.2) is 4.79 Å². The molecule has 0 spiro atoms. The third-order valence-corrected chi connectivity index (χ3v) is 6.08. The van der Waals surface area contributed by atoms with Gasteiger partial charge in [0.15, 0.2) is 0 Å². The van der Waals surface area contributed by atoms with E-state index in [9.17, 15) is 4.79 Å². The van der Waals surface area contributed by atoms with Crippen molar-refractivity contribution in [2.24, 2.45) is 0 Å². The van der Waals surface area contributed by atoms with Crippen molar-refractivity contribution in [3.8, 4) is 28.1 Å². The molecule has 0 fully saturated rings. The summed E-state index contributed by atoms with van der Waals surface area (Å²) in [5.41, 5.74) is 4.64. The number of esters is 1. The summed E-state index contributed by atoms with van der Waals surface area (Å²) in [6.07, 6.45) is 0. The molecule has 0 saturated carbocycles. The van der Waals surface area contributed by atoms with Crippen LogP contribution in [0, 0.1) is 0 Å². The van der Waals surface area contributed by atoms with Crippen LogP contribution in [0.15, 0.2) is 90.0 Å². The Morgan fingerprint density at radius 2 is 1.58 bits per heavy atom. The van der Waals surface area contributed by atoms with Crippen LogP contribution < -0.4 is 4.74 Å². The lowest BCUT2D eigenvalue weighted by atomic mass is 9.96. The molecule has 1 aromatic heterocycles. The van der Waals surface area contributed by atoms with E-state index in [0.717, 1.165) is 28.0 Å². The second-order valence-electron chi connectivity index (χ2n) is 7.20. The van der Waals surface area contributed by atoms with Crippen LogP contribution in [0.3, 0.4) is 0 Å². The van der Waals surface area contributed by atoms with E-state index in [-0.39, 0.29) is 6.61 Å². The number of aromatic nitrogens is 2. The Balaban J connectivity index is 1.85. The summed E-state index contributed by atoms with van der Waals surface area (Å²) >= 11 is 1.46. The first kappa shape index (κ1) is 22.6. The number of benzene rings is 3. The third-order valence-electron chi connectivity index (χ3n) is 5.04. The molecule has 0 amide bonds. The Morgan fingerprint density at radius 1 is 0.879 bits per heavy atom. The minimum atomic E-state index is -0.406. The van der Waals surface area contributed by atoms with Gasteiger partial charge in [-0.05, 0) is 30.2 Å². The van der Waals surface area contributed by atoms with Crippen molar-refractivity contribution in [3.05, 3.63) is 96.1 Å². The zero-order valence-corrected chi connectivity index (χ0v) is 19.3. The van der Waals surface area contributed by atoms with E-state index in [0.29, 0.717) is 22.0 Å². The zero-order valence-electron chi connectivity index (χ0n) is 18.5. The topological polar surface area (TPSA) is 61.3 Å². The fourth-order valence-corrected chi connectivity index (χ4v) is 4.42. The molecular weight excluding hydrogens is 432 g/mol. The number of rotatable bonds is 8. The molecule has 0 aliphatic carbocycles. The highest BCUT2D eigenvalue weighted by atomic mass is 32.2. The number of ether oxygens (including phenoxy) is 2. The van der Waals surface area contributed by atoms with Crippen LogP contribution in [0.5, 0.6) is 5.75 Å². The van der Waals surface area contributed by atoms with E-state index in [1.54, 1.807) is 14.0 Å². The normalized spacial score (nSPS) is 10.6. The van der Waals surface area contributed by atoms with E-state index in [1.807, 2.05) is 84.9 Å². The van der Waals surface area contributed by atoms with Crippen molar-refractivity contribution < 1.29 is 14.3 Å². The van der Waals surface area contributed by atoms with Crippen LogP contribution in [0.1, 0.15) is 22.8 Å². The maximum absolute atomic E-state index is 13.2. The van der Waals surface area contributed by atoms with Gasteiger partial charge in [0.25, 0.3) is 0 Å². The molecule has 3 aromatic carbocycles. The van der Waals surface area contributed by atoms with Crippen molar-refractivity contribution in [2.45, 2.75) is 17.7 Å². The van der Waals surface area contributed by atoms with Crippen LogP contribution in [0.2, 0.25) is 0 Å². The summed E-state index contributed by atoms with van der Waals surface area (Å²) < 4.78 is 10.8. The predicted octanol–water partition coefficient (Wildman–Crippen LogP) is 6.29. The Bertz CT molecular complexity index is 1230. The van der Waals surface area contributed by atoms with E-state index in [1.165, 1.54) is 11.8 Å². The van der Waals surface area contributed by atoms with Crippen LogP contribution >= 0.6 is 11.8 Å². The maximum Gasteiger partial charge on any atom is 0.341 e. The first-order chi connectivity index (χ1) is 16.2. The lowest BCUT2D eigenvalue weighted by Crippen LogP contribution is -2.12. The predicted molar refractivity (Wildman–Crippen MR) is 131 cm³/mol. The molecule has 4 rings (SSSR count). The number of hydrogen-bond acceptors (Lipinski definition) is 6. The van der Waals surface area contributed by atoms with Crippen molar-refractivity contribution in [1.29, 1.82) is 0 Å². The Hall–Kier alpha value is -3.64. The summed E-state index contributed by atoms with van der Waals surface area (Å²) in [5, 5.41) is 9.59. The Kier molecular flexibility index (Phi) is 7.37. The quantitative estimate of drug-likeness (QED) is 0.229. The molecule has 33 heavy (non-hydrogen) atoms. The van der Waals surface area contributed by atoms with Crippen LogP contribution in [-0.2, 0) is 10.5 Å². The van der Waals surface area contributed by atoms with Crippen molar-refractivity contribution >= 4 is 17.7 Å². The molecule has 0 bridgehead atoms. The molecule has 0 aliphatic heterocycles. The second-order valence-corrected chi connectivity index (χ2v) is 8.16. The smallest absolute Gasteiger partial charge is 0.341 e. The molecule has 0 unspecified atom stereocenters. The molecule has 166 valence electrons. The molecular formula is C27H24N2O3S. The highest BCUT2D eigenvalue weighted by Crippen LogP contribution is 2.38. The van der Waals surface area contributed by atoms with Crippen molar-refractivity contribution in [2.75, 3.05) is 13.7 Å². The van der Waals surface area contributed by atoms with Gasteiger partial charge in [-0.2, -0.15) is 0 Å². The molecule has 4 aromatic rings. The number of thioether (sulfide) groups is 1. The molecule has 0 atom stereocenters. The van der Waals surface area contributed by atoms with E-state index in [4.69, 9.17) is 9.47 Å². The van der Waals surface area contributed by atoms with Gasteiger partial charge in [-0.1, -0.05) is 84.6 Å². The van der Waals surface area contributed by atoms with Gasteiger partial charge in [0.1, 0.15) is 22.0 Å². The number of carbonyl (C=O) groups excluding carboxylic acids is 1. The Morgan fingerprint density at radius 3 is 2.24 bits per heavy atom. The first-order valence-electron chi connectivity index (χ1n) is 10.7. The lowest BCUT2D eigenvalue weighted by molar-refractivity contribution is 0.0522. The summed E-state index contributed by atoms with van der Waals surface area (Å²) in [7, 11) is 1.64. The summed E-state index contributed by atoms with van der Waals surface area (Å²) in [6.45, 7) is 2.08. The molecule has 5 nitrogen and oxygen atoms in total. The Labute approximate surface area is 197 Å². The minimum absolute atomic E-state index is 0.274. The van der Waals surface area contributed by atoms with E-state index >= 15 is 0 Å². The monoisotopic (exact) mass is 456 g/mol. The maximum atomic E-state index is 13.2. The van der Waals surface area contributed by atoms with Gasteiger partial charge in [-0.15, -0.1) is 10.2 Å². The van der Waals surface area contributed by atoms with Crippen LogP contribution in [-0.4, -0.2) is 29.9 Å². The van der Waals surface area contributed by atoms with Gasteiger partial charge in [0, 0.05) is 16.9 Å². The molecule has 1 heterocycles. The summed E-state index contributed by atoms with van der Waals surface area (Å²) in [4.78, 5) is 13.2. The summed E-state index contributed by atoms with van der Waals surface area (Å²) in [5.74, 6) is 0.989. The number of methoxy groups -OCH3 is 1. The van der Waals surface area contributed by atoms with Crippen molar-refractivity contribution in [3.63, 3.8) is 0 Å². The average molecular weight is 457 g/mol. The fourth-order valence-electron chi connectivity index (χ4n) is 3.51. The lowest BCUT2D eigenvalue weighted by Gasteiger charge is -2.16.